The van der Waals surface area contributed by atoms with Crippen LogP contribution in [0.4, 0.5) is 0 Å². The lowest BCUT2D eigenvalue weighted by Gasteiger charge is -2.18. The summed E-state index contributed by atoms with van der Waals surface area (Å²) >= 11 is 0. The van der Waals surface area contributed by atoms with E-state index >= 15 is 0 Å². The van der Waals surface area contributed by atoms with Gasteiger partial charge in [0, 0.05) is 11.5 Å². The molecule has 0 spiro atoms. The van der Waals surface area contributed by atoms with Crippen LogP contribution in [-0.2, 0) is 14.8 Å². The van der Waals surface area contributed by atoms with Gasteiger partial charge >= 0.3 is 0 Å². The van der Waals surface area contributed by atoms with E-state index in [0.29, 0.717) is 0 Å². The molecule has 88 valence electrons. The van der Waals surface area contributed by atoms with Crippen LogP contribution in [0.2, 0.25) is 0 Å². The summed E-state index contributed by atoms with van der Waals surface area (Å²) in [6.45, 7) is 3.86. The van der Waals surface area contributed by atoms with Gasteiger partial charge in [-0.05, 0) is 19.4 Å². The topological polar surface area (TPSA) is 104 Å². The van der Waals surface area contributed by atoms with E-state index in [9.17, 15) is 8.42 Å². The fraction of sp³-hybridized carbons (Fsp3) is 1.00. The fourth-order valence-electron chi connectivity index (χ4n) is 0.912. The van der Waals surface area contributed by atoms with Gasteiger partial charge in [0.15, 0.2) is 0 Å². The fourth-order valence-corrected chi connectivity index (χ4v) is 1.40. The van der Waals surface area contributed by atoms with E-state index in [0.717, 1.165) is 6.26 Å². The zero-order valence-corrected chi connectivity index (χ0v) is 9.86. The van der Waals surface area contributed by atoms with Crippen molar-refractivity contribution in [3.8, 4) is 0 Å². The molecule has 0 aromatic heterocycles. The van der Waals surface area contributed by atoms with Crippen molar-refractivity contribution in [3.05, 3.63) is 10.4 Å². The molecule has 1 N–H and O–H groups in total. The Morgan fingerprint density at radius 2 is 2.13 bits per heavy atom. The zero-order chi connectivity index (χ0) is 11.9. The van der Waals surface area contributed by atoms with Crippen LogP contribution < -0.4 is 4.72 Å². The standard InChI is InChI=1S/C7H16N4O3S/c1-6(2)14-7(4-9-11-8)5-10-15(3,12)13/h6-7,10H,4-5H2,1-3H3. The average molecular weight is 236 g/mol. The highest BCUT2D eigenvalue weighted by Gasteiger charge is 2.12. The van der Waals surface area contributed by atoms with Crippen molar-refractivity contribution in [2.75, 3.05) is 19.3 Å². The zero-order valence-electron chi connectivity index (χ0n) is 9.04. The Labute approximate surface area is 89.5 Å². The molecule has 0 saturated carbocycles. The molecule has 0 bridgehead atoms. The summed E-state index contributed by atoms with van der Waals surface area (Å²) < 4.78 is 29.3. The lowest BCUT2D eigenvalue weighted by molar-refractivity contribution is 0.0167. The number of hydrogen-bond donors (Lipinski definition) is 1. The van der Waals surface area contributed by atoms with Crippen molar-refractivity contribution in [2.45, 2.75) is 26.1 Å². The van der Waals surface area contributed by atoms with Crippen LogP contribution in [0.1, 0.15) is 13.8 Å². The van der Waals surface area contributed by atoms with Crippen LogP contribution in [-0.4, -0.2) is 40.0 Å². The predicted octanol–water partition coefficient (Wildman–Crippen LogP) is 0.640. The van der Waals surface area contributed by atoms with Gasteiger partial charge in [0.1, 0.15) is 0 Å². The van der Waals surface area contributed by atoms with Crippen molar-refractivity contribution in [2.24, 2.45) is 5.11 Å². The van der Waals surface area contributed by atoms with E-state index in [2.05, 4.69) is 14.7 Å². The quantitative estimate of drug-likeness (QED) is 0.398. The Balaban J connectivity index is 4.17. The summed E-state index contributed by atoms with van der Waals surface area (Å²) in [6, 6.07) is 0. The van der Waals surface area contributed by atoms with Gasteiger partial charge in [0.25, 0.3) is 0 Å². The molecule has 0 amide bonds. The molecule has 0 aliphatic heterocycles. The molecular formula is C7H16N4O3S. The SMILES string of the molecule is CC(C)OC(CN=[N+]=[N-])CNS(C)(=O)=O. The van der Waals surface area contributed by atoms with Crippen LogP contribution in [0.15, 0.2) is 5.11 Å². The number of azide groups is 1. The van der Waals surface area contributed by atoms with Crippen molar-refractivity contribution in [1.82, 2.24) is 4.72 Å². The summed E-state index contributed by atoms with van der Waals surface area (Å²) in [5, 5.41) is 3.35. The minimum atomic E-state index is -3.24. The Kier molecular flexibility index (Phi) is 6.26. The first-order valence-electron chi connectivity index (χ1n) is 4.46. The first kappa shape index (κ1) is 14.2. The first-order valence-corrected chi connectivity index (χ1v) is 6.35. The highest BCUT2D eigenvalue weighted by molar-refractivity contribution is 7.88. The number of sulfonamides is 1. The molecule has 0 heterocycles. The molecule has 7 nitrogen and oxygen atoms in total. The molecule has 0 saturated heterocycles. The third-order valence-electron chi connectivity index (χ3n) is 1.39. The van der Waals surface area contributed by atoms with Gasteiger partial charge in [0.2, 0.25) is 10.0 Å². The van der Waals surface area contributed by atoms with Gasteiger partial charge in [-0.25, -0.2) is 13.1 Å². The van der Waals surface area contributed by atoms with Gasteiger partial charge in [-0.3, -0.25) is 0 Å². The monoisotopic (exact) mass is 236 g/mol. The average Bonchev–Trinajstić information content (AvgIpc) is 2.07. The van der Waals surface area contributed by atoms with Gasteiger partial charge in [0.05, 0.1) is 25.0 Å². The lowest BCUT2D eigenvalue weighted by atomic mass is 10.3. The van der Waals surface area contributed by atoms with Crippen molar-refractivity contribution < 1.29 is 13.2 Å². The highest BCUT2D eigenvalue weighted by Crippen LogP contribution is 1.98. The molecule has 0 rings (SSSR count). The minimum Gasteiger partial charge on any atom is -0.374 e. The third-order valence-corrected chi connectivity index (χ3v) is 2.08. The summed E-state index contributed by atoms with van der Waals surface area (Å²) in [5.41, 5.74) is 8.14. The number of nitrogens with zero attached hydrogens (tertiary/aromatic N) is 3. The van der Waals surface area contributed by atoms with Crippen LogP contribution in [0.3, 0.4) is 0 Å². The first-order chi connectivity index (χ1) is 6.85. The molecular weight excluding hydrogens is 220 g/mol. The Bertz CT molecular complexity index is 321. The second kappa shape index (κ2) is 6.62. The van der Waals surface area contributed by atoms with Crippen molar-refractivity contribution >= 4 is 10.0 Å². The van der Waals surface area contributed by atoms with E-state index in [1.165, 1.54) is 0 Å². The lowest BCUT2D eigenvalue weighted by Crippen LogP contribution is -2.36. The van der Waals surface area contributed by atoms with Gasteiger partial charge in [-0.2, -0.15) is 0 Å². The van der Waals surface area contributed by atoms with Crippen LogP contribution >= 0.6 is 0 Å². The molecule has 0 fully saturated rings. The van der Waals surface area contributed by atoms with E-state index in [-0.39, 0.29) is 19.2 Å². The second-order valence-corrected chi connectivity index (χ2v) is 5.17. The van der Waals surface area contributed by atoms with E-state index in [1.54, 1.807) is 0 Å². The molecule has 0 aromatic rings. The molecule has 0 aromatic carbocycles. The third kappa shape index (κ3) is 9.48. The maximum Gasteiger partial charge on any atom is 0.208 e. The number of nitrogens with one attached hydrogen (secondary N) is 1. The van der Waals surface area contributed by atoms with Gasteiger partial charge in [-0.15, -0.1) is 0 Å². The van der Waals surface area contributed by atoms with Crippen LogP contribution in [0, 0.1) is 0 Å². The van der Waals surface area contributed by atoms with Crippen molar-refractivity contribution in [1.29, 1.82) is 0 Å². The largest absolute Gasteiger partial charge is 0.374 e. The Hall–Kier alpha value is -0.820. The molecule has 0 aliphatic carbocycles. The number of rotatable bonds is 7. The molecule has 0 aliphatic rings. The molecule has 15 heavy (non-hydrogen) atoms. The summed E-state index contributed by atoms with van der Waals surface area (Å²) in [4.78, 5) is 2.59. The highest BCUT2D eigenvalue weighted by atomic mass is 32.2. The predicted molar refractivity (Wildman–Crippen MR) is 56.9 cm³/mol. The summed E-state index contributed by atoms with van der Waals surface area (Å²) in [6.07, 6.45) is 0.577. The molecule has 1 unspecified atom stereocenters. The maximum absolute atomic E-state index is 10.8. The van der Waals surface area contributed by atoms with E-state index in [1.807, 2.05) is 13.8 Å². The maximum atomic E-state index is 10.8. The van der Waals surface area contributed by atoms with Gasteiger partial charge < -0.3 is 4.74 Å². The minimum absolute atomic E-state index is 0.0507. The normalized spacial score (nSPS) is 13.6. The number of ether oxygens (including phenoxy) is 1. The van der Waals surface area contributed by atoms with Gasteiger partial charge in [-0.1, -0.05) is 5.11 Å². The van der Waals surface area contributed by atoms with E-state index < -0.39 is 16.1 Å². The van der Waals surface area contributed by atoms with Crippen LogP contribution in [0.25, 0.3) is 10.4 Å². The summed E-state index contributed by atoms with van der Waals surface area (Å²) in [7, 11) is -3.24. The van der Waals surface area contributed by atoms with E-state index in [4.69, 9.17) is 10.3 Å². The molecule has 1 atom stereocenters. The Morgan fingerprint density at radius 1 is 1.53 bits per heavy atom. The summed E-state index contributed by atoms with van der Waals surface area (Å²) in [5.74, 6) is 0. The smallest absolute Gasteiger partial charge is 0.208 e. The number of hydrogen-bond acceptors (Lipinski definition) is 4. The molecule has 8 heteroatoms. The van der Waals surface area contributed by atoms with Crippen LogP contribution in [0.5, 0.6) is 0 Å². The Morgan fingerprint density at radius 3 is 2.53 bits per heavy atom. The van der Waals surface area contributed by atoms with Crippen molar-refractivity contribution in [3.63, 3.8) is 0 Å². The second-order valence-electron chi connectivity index (χ2n) is 3.34. The molecule has 0 radical (unpaired) electrons.